The van der Waals surface area contributed by atoms with Gasteiger partial charge in [0.15, 0.2) is 0 Å². The number of hydrogen-bond donors (Lipinski definition) is 1. The normalized spacial score (nSPS) is 10.4. The van der Waals surface area contributed by atoms with Gasteiger partial charge in [0.1, 0.15) is 5.82 Å². The second-order valence-corrected chi connectivity index (χ2v) is 4.58. The Hall–Kier alpha value is -1.03. The summed E-state index contributed by atoms with van der Waals surface area (Å²) >= 11 is 3.97. The van der Waals surface area contributed by atoms with E-state index in [1.807, 2.05) is 0 Å². The number of benzene rings is 1. The van der Waals surface area contributed by atoms with Gasteiger partial charge in [-0.1, -0.05) is 19.8 Å². The van der Waals surface area contributed by atoms with Crippen LogP contribution in [-0.2, 0) is 0 Å². The fourth-order valence-corrected chi connectivity index (χ4v) is 1.78. The molecule has 0 heterocycles. The molecule has 0 N–H and O–H groups in total. The van der Waals surface area contributed by atoms with Gasteiger partial charge in [-0.05, 0) is 24.6 Å². The Labute approximate surface area is 107 Å². The van der Waals surface area contributed by atoms with Crippen molar-refractivity contribution in [2.24, 2.45) is 0 Å². The molecule has 1 aromatic carbocycles. The third-order valence-electron chi connectivity index (χ3n) is 2.64. The minimum absolute atomic E-state index is 0.0867. The minimum Gasteiger partial charge on any atom is -0.342 e. The minimum atomic E-state index is -0.404. The van der Waals surface area contributed by atoms with Crippen LogP contribution in [0.3, 0.4) is 0 Å². The summed E-state index contributed by atoms with van der Waals surface area (Å²) in [5.41, 5.74) is 0.482. The highest BCUT2D eigenvalue weighted by molar-refractivity contribution is 7.80. The van der Waals surface area contributed by atoms with Crippen LogP contribution in [0.4, 0.5) is 4.39 Å². The molecule has 0 aliphatic heterocycles. The van der Waals surface area contributed by atoms with E-state index in [9.17, 15) is 9.18 Å². The maximum absolute atomic E-state index is 13.0. The first kappa shape index (κ1) is 14.0. The van der Waals surface area contributed by atoms with Gasteiger partial charge in [0, 0.05) is 24.1 Å². The molecule has 1 aromatic rings. The van der Waals surface area contributed by atoms with Gasteiger partial charge in [0.25, 0.3) is 5.91 Å². The van der Waals surface area contributed by atoms with Gasteiger partial charge in [0.05, 0.1) is 0 Å². The highest BCUT2D eigenvalue weighted by Crippen LogP contribution is 2.15. The Kier molecular flexibility index (Phi) is 5.48. The van der Waals surface area contributed by atoms with E-state index < -0.39 is 5.82 Å². The Morgan fingerprint density at radius 1 is 1.41 bits per heavy atom. The van der Waals surface area contributed by atoms with Gasteiger partial charge in [-0.15, -0.1) is 12.6 Å². The van der Waals surface area contributed by atoms with Gasteiger partial charge in [-0.2, -0.15) is 0 Å². The number of amides is 1. The Bertz CT molecular complexity index is 395. The first-order valence-corrected chi connectivity index (χ1v) is 6.25. The zero-order valence-corrected chi connectivity index (χ0v) is 11.1. The molecule has 0 aliphatic carbocycles. The Morgan fingerprint density at radius 2 is 2.12 bits per heavy atom. The lowest BCUT2D eigenvalue weighted by Crippen LogP contribution is -2.27. The van der Waals surface area contributed by atoms with E-state index in [0.717, 1.165) is 25.8 Å². The van der Waals surface area contributed by atoms with Crippen molar-refractivity contribution in [2.75, 3.05) is 13.6 Å². The van der Waals surface area contributed by atoms with Crippen LogP contribution in [0.15, 0.2) is 23.1 Å². The van der Waals surface area contributed by atoms with E-state index in [2.05, 4.69) is 19.6 Å². The standard InChI is InChI=1S/C13H18FNOS/c1-3-4-5-8-15(2)13(16)10-6-7-11(14)12(17)9-10/h6-7,9,17H,3-5,8H2,1-2H3. The van der Waals surface area contributed by atoms with Crippen molar-refractivity contribution < 1.29 is 9.18 Å². The summed E-state index contributed by atoms with van der Waals surface area (Å²) in [4.78, 5) is 13.8. The van der Waals surface area contributed by atoms with Crippen molar-refractivity contribution in [3.05, 3.63) is 29.6 Å². The fourth-order valence-electron chi connectivity index (χ4n) is 1.57. The van der Waals surface area contributed by atoms with E-state index in [0.29, 0.717) is 5.56 Å². The van der Waals surface area contributed by atoms with Gasteiger partial charge < -0.3 is 4.90 Å². The molecule has 0 fully saturated rings. The van der Waals surface area contributed by atoms with Crippen LogP contribution in [0, 0.1) is 5.82 Å². The summed E-state index contributed by atoms with van der Waals surface area (Å²) in [7, 11) is 1.76. The highest BCUT2D eigenvalue weighted by Gasteiger charge is 2.12. The van der Waals surface area contributed by atoms with E-state index in [-0.39, 0.29) is 10.8 Å². The van der Waals surface area contributed by atoms with Crippen LogP contribution in [0.2, 0.25) is 0 Å². The fraction of sp³-hybridized carbons (Fsp3) is 0.462. The van der Waals surface area contributed by atoms with Crippen LogP contribution in [0.5, 0.6) is 0 Å². The van der Waals surface area contributed by atoms with Gasteiger partial charge >= 0.3 is 0 Å². The second kappa shape index (κ2) is 6.64. The van der Waals surface area contributed by atoms with Crippen molar-refractivity contribution in [2.45, 2.75) is 31.1 Å². The molecule has 0 saturated carbocycles. The monoisotopic (exact) mass is 255 g/mol. The summed E-state index contributed by atoms with van der Waals surface area (Å²) < 4.78 is 13.0. The number of hydrogen-bond acceptors (Lipinski definition) is 2. The average molecular weight is 255 g/mol. The number of carbonyl (C=O) groups is 1. The number of nitrogens with zero attached hydrogens (tertiary/aromatic N) is 1. The number of rotatable bonds is 5. The van der Waals surface area contributed by atoms with E-state index >= 15 is 0 Å². The number of halogens is 1. The van der Waals surface area contributed by atoms with Crippen molar-refractivity contribution in [1.82, 2.24) is 4.90 Å². The zero-order valence-electron chi connectivity index (χ0n) is 10.2. The van der Waals surface area contributed by atoms with E-state index in [1.165, 1.54) is 18.2 Å². The van der Waals surface area contributed by atoms with Gasteiger partial charge in [-0.25, -0.2) is 4.39 Å². The van der Waals surface area contributed by atoms with E-state index in [1.54, 1.807) is 11.9 Å². The summed E-state index contributed by atoms with van der Waals surface area (Å²) in [6.45, 7) is 2.85. The lowest BCUT2D eigenvalue weighted by molar-refractivity contribution is 0.0792. The molecule has 0 atom stereocenters. The molecule has 17 heavy (non-hydrogen) atoms. The summed E-state index contributed by atoms with van der Waals surface area (Å²) in [5.74, 6) is -0.491. The summed E-state index contributed by atoms with van der Waals surface area (Å²) in [5, 5.41) is 0. The molecule has 0 aromatic heterocycles. The Balaban J connectivity index is 2.65. The zero-order chi connectivity index (χ0) is 12.8. The van der Waals surface area contributed by atoms with Crippen molar-refractivity contribution in [1.29, 1.82) is 0 Å². The number of thiol groups is 1. The SMILES string of the molecule is CCCCCN(C)C(=O)c1ccc(F)c(S)c1. The first-order valence-electron chi connectivity index (χ1n) is 5.80. The largest absolute Gasteiger partial charge is 0.342 e. The molecule has 94 valence electrons. The predicted octanol–water partition coefficient (Wildman–Crippen LogP) is 3.38. The highest BCUT2D eigenvalue weighted by atomic mass is 32.1. The maximum Gasteiger partial charge on any atom is 0.253 e. The number of carbonyl (C=O) groups excluding carboxylic acids is 1. The van der Waals surface area contributed by atoms with Crippen LogP contribution in [0.25, 0.3) is 0 Å². The van der Waals surface area contributed by atoms with Crippen molar-refractivity contribution in [3.8, 4) is 0 Å². The van der Waals surface area contributed by atoms with Gasteiger partial charge in [0.2, 0.25) is 0 Å². The molecule has 4 heteroatoms. The molecule has 0 unspecified atom stereocenters. The van der Waals surface area contributed by atoms with E-state index in [4.69, 9.17) is 0 Å². The molecule has 0 bridgehead atoms. The molecule has 2 nitrogen and oxygen atoms in total. The van der Waals surface area contributed by atoms with Crippen molar-refractivity contribution >= 4 is 18.5 Å². The third kappa shape index (κ3) is 4.04. The van der Waals surface area contributed by atoms with Crippen LogP contribution in [0.1, 0.15) is 36.5 Å². The quantitative estimate of drug-likeness (QED) is 0.632. The topological polar surface area (TPSA) is 20.3 Å². The molecule has 1 amide bonds. The average Bonchev–Trinajstić information content (AvgIpc) is 2.32. The third-order valence-corrected chi connectivity index (χ3v) is 2.98. The first-order chi connectivity index (χ1) is 8.06. The molecule has 0 saturated heterocycles. The van der Waals surface area contributed by atoms with Gasteiger partial charge in [-0.3, -0.25) is 4.79 Å². The summed E-state index contributed by atoms with van der Waals surface area (Å²) in [6.07, 6.45) is 3.23. The van der Waals surface area contributed by atoms with Crippen LogP contribution >= 0.6 is 12.6 Å². The van der Waals surface area contributed by atoms with Crippen LogP contribution < -0.4 is 0 Å². The molecule has 1 rings (SSSR count). The van der Waals surface area contributed by atoms with Crippen molar-refractivity contribution in [3.63, 3.8) is 0 Å². The second-order valence-electron chi connectivity index (χ2n) is 4.10. The lowest BCUT2D eigenvalue weighted by atomic mass is 10.2. The molecule has 0 spiro atoms. The molecular weight excluding hydrogens is 237 g/mol. The Morgan fingerprint density at radius 3 is 2.71 bits per heavy atom. The maximum atomic E-state index is 13.0. The number of unbranched alkanes of at least 4 members (excludes halogenated alkanes) is 2. The smallest absolute Gasteiger partial charge is 0.253 e. The molecule has 0 aliphatic rings. The summed E-state index contributed by atoms with van der Waals surface area (Å²) in [6, 6.07) is 4.24. The lowest BCUT2D eigenvalue weighted by Gasteiger charge is -2.17. The molecule has 0 radical (unpaired) electrons. The predicted molar refractivity (Wildman–Crippen MR) is 70.1 cm³/mol. The molecular formula is C13H18FNOS. The van der Waals surface area contributed by atoms with Crippen LogP contribution in [-0.4, -0.2) is 24.4 Å².